The van der Waals surface area contributed by atoms with Crippen molar-refractivity contribution in [3.05, 3.63) is 70.0 Å². The number of carbonyl (C=O) groups excluding carboxylic acids is 1. The van der Waals surface area contributed by atoms with Gasteiger partial charge in [0, 0.05) is 23.3 Å². The second-order valence-corrected chi connectivity index (χ2v) is 7.43. The molecule has 0 aliphatic heterocycles. The Morgan fingerprint density at radius 2 is 1.62 bits per heavy atom. The molecule has 178 valence electrons. The summed E-state index contributed by atoms with van der Waals surface area (Å²) < 4.78 is 13.7. The summed E-state index contributed by atoms with van der Waals surface area (Å²) in [6.45, 7) is 10.6. The molecule has 0 amide bonds. The predicted molar refractivity (Wildman–Crippen MR) is 141 cm³/mol. The van der Waals surface area contributed by atoms with Gasteiger partial charge in [-0.25, -0.2) is 4.39 Å². The van der Waals surface area contributed by atoms with Crippen LogP contribution in [0.3, 0.4) is 0 Å². The summed E-state index contributed by atoms with van der Waals surface area (Å²) in [5.41, 5.74) is 17.7. The highest BCUT2D eigenvalue weighted by Gasteiger charge is 2.32. The Morgan fingerprint density at radius 1 is 1.09 bits per heavy atom. The van der Waals surface area contributed by atoms with Crippen LogP contribution in [-0.2, 0) is 4.79 Å². The number of rotatable bonds is 3. The lowest BCUT2D eigenvalue weighted by atomic mass is 9.86. The number of hydrogen-bond acceptors (Lipinski definition) is 4. The Balaban J connectivity index is 0.000000568. The minimum atomic E-state index is -0.171. The monoisotopic (exact) mass is 460 g/mol. The normalized spacial score (nSPS) is 14.2. The fourth-order valence-electron chi connectivity index (χ4n) is 3.02. The van der Waals surface area contributed by atoms with Gasteiger partial charge in [0.2, 0.25) is 0 Å². The first-order valence-corrected chi connectivity index (χ1v) is 12.3. The number of thiol groups is 1. The first kappa shape index (κ1) is 29.9. The Bertz CT molecular complexity index is 841. The Hall–Kier alpha value is -2.11. The second-order valence-electron chi connectivity index (χ2n) is 7.43. The minimum Gasteiger partial charge on any atom is -0.398 e. The fraction of sp³-hybridized carbons (Fsp3) is 0.444. The van der Waals surface area contributed by atoms with Gasteiger partial charge in [0.1, 0.15) is 12.1 Å². The summed E-state index contributed by atoms with van der Waals surface area (Å²) in [5.74, 6) is 0.722. The van der Waals surface area contributed by atoms with E-state index >= 15 is 0 Å². The molecule has 0 bridgehead atoms. The maximum atomic E-state index is 13.7. The zero-order valence-corrected chi connectivity index (χ0v) is 21.4. The van der Waals surface area contributed by atoms with Gasteiger partial charge in [-0.1, -0.05) is 63.1 Å². The van der Waals surface area contributed by atoms with E-state index in [4.69, 9.17) is 11.5 Å². The highest BCUT2D eigenvalue weighted by atomic mass is 32.1. The molecule has 1 fully saturated rings. The van der Waals surface area contributed by atoms with Crippen molar-refractivity contribution in [3.8, 4) is 0 Å². The SMILES string of the molecule is CC.CCC=O.CS.Cc1ccc(/C(N)=C2\c3cc(C)cc(F)c32)cc1.NCC1CCC1. The van der Waals surface area contributed by atoms with Gasteiger partial charge in [-0.05, 0) is 68.2 Å². The van der Waals surface area contributed by atoms with Crippen molar-refractivity contribution < 1.29 is 9.18 Å². The fourth-order valence-corrected chi connectivity index (χ4v) is 3.02. The molecule has 0 saturated heterocycles. The Labute approximate surface area is 199 Å². The maximum Gasteiger partial charge on any atom is 0.132 e. The van der Waals surface area contributed by atoms with Crippen LogP contribution in [0.4, 0.5) is 4.39 Å². The molecule has 2 aromatic carbocycles. The van der Waals surface area contributed by atoms with Crippen LogP contribution in [0.2, 0.25) is 0 Å². The quantitative estimate of drug-likeness (QED) is 0.307. The van der Waals surface area contributed by atoms with E-state index in [0.29, 0.717) is 17.7 Å². The number of hydrogen-bond donors (Lipinski definition) is 3. The summed E-state index contributed by atoms with van der Waals surface area (Å²) in [4.78, 5) is 9.17. The molecule has 2 aliphatic carbocycles. The second kappa shape index (κ2) is 16.5. The molecule has 4 rings (SSSR count). The van der Waals surface area contributed by atoms with E-state index in [-0.39, 0.29) is 5.82 Å². The first-order chi connectivity index (χ1) is 15.4. The van der Waals surface area contributed by atoms with Gasteiger partial charge in [0.15, 0.2) is 0 Å². The van der Waals surface area contributed by atoms with Gasteiger partial charge in [-0.2, -0.15) is 12.6 Å². The summed E-state index contributed by atoms with van der Waals surface area (Å²) >= 11 is 3.53. The van der Waals surface area contributed by atoms with Crippen LogP contribution in [0.25, 0.3) is 11.3 Å². The summed E-state index contributed by atoms with van der Waals surface area (Å²) in [7, 11) is 0. The predicted octanol–water partition coefficient (Wildman–Crippen LogP) is 6.54. The van der Waals surface area contributed by atoms with Gasteiger partial charge >= 0.3 is 0 Å². The number of nitrogens with two attached hydrogens (primary N) is 2. The summed E-state index contributed by atoms with van der Waals surface area (Å²) in [6, 6.07) is 11.5. The van der Waals surface area contributed by atoms with Crippen molar-refractivity contribution in [3.63, 3.8) is 0 Å². The van der Waals surface area contributed by atoms with Gasteiger partial charge in [0.05, 0.1) is 0 Å². The number of fused-ring (bicyclic) bond motifs is 1. The zero-order chi connectivity index (χ0) is 24.7. The van der Waals surface area contributed by atoms with Crippen molar-refractivity contribution in [2.45, 2.75) is 60.3 Å². The number of aldehydes is 1. The lowest BCUT2D eigenvalue weighted by Crippen LogP contribution is -2.20. The molecule has 0 spiro atoms. The molecule has 0 heterocycles. The number of aryl methyl sites for hydroxylation is 2. The van der Waals surface area contributed by atoms with Gasteiger partial charge in [-0.3, -0.25) is 0 Å². The number of halogens is 1. The highest BCUT2D eigenvalue weighted by molar-refractivity contribution is 7.79. The molecular formula is C27H41FN2OS. The molecule has 1 saturated carbocycles. The van der Waals surface area contributed by atoms with Crippen LogP contribution in [0.15, 0.2) is 36.4 Å². The molecular weight excluding hydrogens is 419 g/mol. The average Bonchev–Trinajstić information content (AvgIpc) is 3.51. The molecule has 2 aliphatic rings. The van der Waals surface area contributed by atoms with E-state index in [1.807, 2.05) is 65.0 Å². The Kier molecular flexibility index (Phi) is 15.4. The lowest BCUT2D eigenvalue weighted by Gasteiger charge is -2.22. The van der Waals surface area contributed by atoms with Gasteiger partial charge < -0.3 is 16.3 Å². The third kappa shape index (κ3) is 9.17. The zero-order valence-electron chi connectivity index (χ0n) is 20.5. The topological polar surface area (TPSA) is 69.1 Å². The van der Waals surface area contributed by atoms with Crippen LogP contribution in [0.5, 0.6) is 0 Å². The van der Waals surface area contributed by atoms with E-state index in [1.54, 1.807) is 12.3 Å². The number of benzene rings is 2. The molecule has 0 aromatic heterocycles. The standard InChI is InChI=1S/C16H14FN.C5H11N.C3H6O.C2H6.CH4S/c1-9-3-5-11(6-4-9)16(18)15-12-7-10(2)8-13(17)14(12)15;6-4-5-2-1-3-5;1-2-3-4;2*1-2/h3-8H,18H2,1-2H3;5H,1-4,6H2;3H,2H2,1H3;1-2H3;2H,1H3/b16-15-;;;;. The van der Waals surface area contributed by atoms with E-state index < -0.39 is 0 Å². The molecule has 4 N–H and O–H groups in total. The van der Waals surface area contributed by atoms with E-state index in [2.05, 4.69) is 12.6 Å². The smallest absolute Gasteiger partial charge is 0.132 e. The van der Waals surface area contributed by atoms with Gasteiger partial charge in [0.25, 0.3) is 0 Å². The maximum absolute atomic E-state index is 13.7. The summed E-state index contributed by atoms with van der Waals surface area (Å²) in [6.07, 6.45) is 7.40. The summed E-state index contributed by atoms with van der Waals surface area (Å²) in [5, 5.41) is 0. The van der Waals surface area contributed by atoms with Crippen molar-refractivity contribution in [2.75, 3.05) is 12.8 Å². The van der Waals surface area contributed by atoms with E-state index in [0.717, 1.165) is 41.0 Å². The van der Waals surface area contributed by atoms with Crippen molar-refractivity contribution in [1.29, 1.82) is 0 Å². The van der Waals surface area contributed by atoms with E-state index in [9.17, 15) is 9.18 Å². The molecule has 32 heavy (non-hydrogen) atoms. The molecule has 5 heteroatoms. The molecule has 2 aromatic rings. The first-order valence-electron chi connectivity index (χ1n) is 11.4. The Morgan fingerprint density at radius 3 is 2.00 bits per heavy atom. The van der Waals surface area contributed by atoms with Crippen LogP contribution in [-0.4, -0.2) is 19.1 Å². The van der Waals surface area contributed by atoms with Crippen molar-refractivity contribution >= 4 is 30.2 Å². The molecule has 0 unspecified atom stereocenters. The van der Waals surface area contributed by atoms with Crippen LogP contribution in [0, 0.1) is 25.6 Å². The lowest BCUT2D eigenvalue weighted by molar-refractivity contribution is -0.107. The third-order valence-corrected chi connectivity index (χ3v) is 5.05. The average molecular weight is 461 g/mol. The van der Waals surface area contributed by atoms with Crippen LogP contribution in [0.1, 0.15) is 74.3 Å². The molecule has 0 radical (unpaired) electrons. The van der Waals surface area contributed by atoms with Crippen molar-refractivity contribution in [1.82, 2.24) is 0 Å². The van der Waals surface area contributed by atoms with E-state index in [1.165, 1.54) is 24.8 Å². The van der Waals surface area contributed by atoms with Crippen molar-refractivity contribution in [2.24, 2.45) is 17.4 Å². The van der Waals surface area contributed by atoms with Crippen LogP contribution < -0.4 is 11.5 Å². The minimum absolute atomic E-state index is 0.171. The highest BCUT2D eigenvalue weighted by Crippen LogP contribution is 2.47. The van der Waals surface area contributed by atoms with Crippen LogP contribution >= 0.6 is 12.6 Å². The molecule has 3 nitrogen and oxygen atoms in total. The molecule has 0 atom stereocenters. The largest absolute Gasteiger partial charge is 0.398 e. The van der Waals surface area contributed by atoms with Gasteiger partial charge in [-0.15, -0.1) is 0 Å². The number of carbonyl (C=O) groups is 1. The third-order valence-electron chi connectivity index (χ3n) is 5.05.